The molecule has 0 radical (unpaired) electrons. The number of sulfonamides is 1. The summed E-state index contributed by atoms with van der Waals surface area (Å²) in [7, 11) is -3.28. The third-order valence-electron chi connectivity index (χ3n) is 3.02. The molecule has 0 aliphatic carbocycles. The van der Waals surface area contributed by atoms with Crippen LogP contribution in [0.25, 0.3) is 0 Å². The van der Waals surface area contributed by atoms with E-state index in [1.54, 1.807) is 10.4 Å². The van der Waals surface area contributed by atoms with Gasteiger partial charge in [-0.2, -0.15) is 4.31 Å². The third-order valence-corrected chi connectivity index (χ3v) is 6.39. The predicted octanol–water partition coefficient (Wildman–Crippen LogP) is 1.77. The first-order valence-electron chi connectivity index (χ1n) is 5.92. The molecule has 2 heterocycles. The molecule has 96 valence electrons. The van der Waals surface area contributed by atoms with E-state index in [0.717, 1.165) is 31.2 Å². The summed E-state index contributed by atoms with van der Waals surface area (Å²) < 4.78 is 26.8. The summed E-state index contributed by atoms with van der Waals surface area (Å²) in [6, 6.07) is 1.70. The molecule has 1 fully saturated rings. The van der Waals surface area contributed by atoms with Gasteiger partial charge in [0, 0.05) is 19.6 Å². The van der Waals surface area contributed by atoms with E-state index in [1.165, 1.54) is 11.3 Å². The molecule has 1 aromatic rings. The van der Waals surface area contributed by atoms with E-state index in [1.807, 2.05) is 5.38 Å². The number of thiophene rings is 1. The Morgan fingerprint density at radius 1 is 1.24 bits per heavy atom. The third kappa shape index (κ3) is 2.88. The van der Waals surface area contributed by atoms with Gasteiger partial charge in [-0.3, -0.25) is 0 Å². The largest absolute Gasteiger partial charge is 0.326 e. The SMILES string of the molecule is NCc1csc(S(=O)(=O)N2CCCCCC2)c1. The molecule has 0 atom stereocenters. The first kappa shape index (κ1) is 13.0. The van der Waals surface area contributed by atoms with Gasteiger partial charge in [0.2, 0.25) is 0 Å². The number of nitrogens with zero attached hydrogens (tertiary/aromatic N) is 1. The Morgan fingerprint density at radius 2 is 1.88 bits per heavy atom. The molecule has 1 aliphatic rings. The van der Waals surface area contributed by atoms with Crippen molar-refractivity contribution in [3.63, 3.8) is 0 Å². The van der Waals surface area contributed by atoms with Crippen molar-refractivity contribution in [3.05, 3.63) is 17.0 Å². The molecule has 6 heteroatoms. The Morgan fingerprint density at radius 3 is 2.41 bits per heavy atom. The quantitative estimate of drug-likeness (QED) is 0.913. The number of nitrogens with two attached hydrogens (primary N) is 1. The molecule has 4 nitrogen and oxygen atoms in total. The lowest BCUT2D eigenvalue weighted by molar-refractivity contribution is 0.425. The van der Waals surface area contributed by atoms with Gasteiger partial charge in [-0.1, -0.05) is 12.8 Å². The van der Waals surface area contributed by atoms with E-state index in [0.29, 0.717) is 23.8 Å². The van der Waals surface area contributed by atoms with E-state index in [4.69, 9.17) is 5.73 Å². The highest BCUT2D eigenvalue weighted by atomic mass is 32.2. The molecule has 17 heavy (non-hydrogen) atoms. The van der Waals surface area contributed by atoms with Crippen LogP contribution in [-0.2, 0) is 16.6 Å². The molecule has 0 saturated carbocycles. The van der Waals surface area contributed by atoms with E-state index >= 15 is 0 Å². The summed E-state index contributed by atoms with van der Waals surface area (Å²) >= 11 is 1.27. The first-order chi connectivity index (χ1) is 8.14. The summed E-state index contributed by atoms with van der Waals surface area (Å²) in [6.07, 6.45) is 4.19. The Hall–Kier alpha value is -0.430. The van der Waals surface area contributed by atoms with Gasteiger partial charge in [-0.05, 0) is 29.9 Å². The average Bonchev–Trinajstić information content (AvgIpc) is 2.64. The molecule has 0 bridgehead atoms. The number of rotatable bonds is 3. The standard InChI is InChI=1S/C11H18N2O2S2/c12-8-10-7-11(16-9-10)17(14,15)13-5-3-1-2-4-6-13/h7,9H,1-6,8,12H2. The zero-order valence-electron chi connectivity index (χ0n) is 9.76. The van der Waals surface area contributed by atoms with Gasteiger partial charge in [-0.25, -0.2) is 8.42 Å². The van der Waals surface area contributed by atoms with Gasteiger partial charge in [0.1, 0.15) is 4.21 Å². The molecule has 0 amide bonds. The zero-order valence-corrected chi connectivity index (χ0v) is 11.4. The van der Waals surface area contributed by atoms with Crippen molar-refractivity contribution in [3.8, 4) is 0 Å². The van der Waals surface area contributed by atoms with E-state index in [-0.39, 0.29) is 0 Å². The molecule has 1 aliphatic heterocycles. The molecular weight excluding hydrogens is 256 g/mol. The number of hydrogen-bond acceptors (Lipinski definition) is 4. The van der Waals surface area contributed by atoms with Crippen LogP contribution in [0.5, 0.6) is 0 Å². The Balaban J connectivity index is 2.22. The van der Waals surface area contributed by atoms with Crippen LogP contribution >= 0.6 is 11.3 Å². The van der Waals surface area contributed by atoms with Crippen molar-refractivity contribution in [2.75, 3.05) is 13.1 Å². The van der Waals surface area contributed by atoms with E-state index < -0.39 is 10.0 Å². The van der Waals surface area contributed by atoms with Gasteiger partial charge in [-0.15, -0.1) is 11.3 Å². The lowest BCUT2D eigenvalue weighted by Gasteiger charge is -2.18. The minimum Gasteiger partial charge on any atom is -0.326 e. The highest BCUT2D eigenvalue weighted by Gasteiger charge is 2.26. The van der Waals surface area contributed by atoms with Crippen molar-refractivity contribution in [2.45, 2.75) is 36.4 Å². The Bertz CT molecular complexity index is 460. The molecule has 1 aromatic heterocycles. The zero-order chi connectivity index (χ0) is 12.3. The van der Waals surface area contributed by atoms with Crippen LogP contribution in [0, 0.1) is 0 Å². The monoisotopic (exact) mass is 274 g/mol. The topological polar surface area (TPSA) is 63.4 Å². The van der Waals surface area contributed by atoms with Gasteiger partial charge in [0.15, 0.2) is 0 Å². The second-order valence-electron chi connectivity index (χ2n) is 4.30. The second kappa shape index (κ2) is 5.48. The Kier molecular flexibility index (Phi) is 4.19. The van der Waals surface area contributed by atoms with Crippen molar-refractivity contribution in [1.82, 2.24) is 4.31 Å². The fourth-order valence-corrected chi connectivity index (χ4v) is 4.90. The average molecular weight is 274 g/mol. The van der Waals surface area contributed by atoms with E-state index in [2.05, 4.69) is 0 Å². The van der Waals surface area contributed by atoms with Gasteiger partial charge in [0.05, 0.1) is 0 Å². The van der Waals surface area contributed by atoms with Gasteiger partial charge in [0.25, 0.3) is 10.0 Å². The Labute approximate surface area is 106 Å². The van der Waals surface area contributed by atoms with Crippen molar-refractivity contribution in [2.24, 2.45) is 5.73 Å². The maximum absolute atomic E-state index is 12.4. The lowest BCUT2D eigenvalue weighted by Crippen LogP contribution is -2.31. The molecule has 0 unspecified atom stereocenters. The summed E-state index contributed by atoms with van der Waals surface area (Å²) in [6.45, 7) is 1.70. The highest BCUT2D eigenvalue weighted by Crippen LogP contribution is 2.25. The second-order valence-corrected chi connectivity index (χ2v) is 7.37. The van der Waals surface area contributed by atoms with Crippen LogP contribution in [0.3, 0.4) is 0 Å². The fourth-order valence-electron chi connectivity index (χ4n) is 2.00. The molecule has 0 spiro atoms. The highest BCUT2D eigenvalue weighted by molar-refractivity contribution is 7.91. The van der Waals surface area contributed by atoms with Crippen LogP contribution in [-0.4, -0.2) is 25.8 Å². The first-order valence-corrected chi connectivity index (χ1v) is 8.24. The van der Waals surface area contributed by atoms with Crippen LogP contribution in [0.4, 0.5) is 0 Å². The van der Waals surface area contributed by atoms with Gasteiger partial charge >= 0.3 is 0 Å². The maximum atomic E-state index is 12.4. The number of hydrogen-bond donors (Lipinski definition) is 1. The smallest absolute Gasteiger partial charge is 0.252 e. The van der Waals surface area contributed by atoms with E-state index in [9.17, 15) is 8.42 Å². The van der Waals surface area contributed by atoms with Crippen molar-refractivity contribution < 1.29 is 8.42 Å². The molecular formula is C11H18N2O2S2. The van der Waals surface area contributed by atoms with Crippen LogP contribution in [0.1, 0.15) is 31.2 Å². The van der Waals surface area contributed by atoms with Gasteiger partial charge < -0.3 is 5.73 Å². The molecule has 2 rings (SSSR count). The molecule has 0 aromatic carbocycles. The lowest BCUT2D eigenvalue weighted by atomic mass is 10.2. The molecule has 1 saturated heterocycles. The molecule has 2 N–H and O–H groups in total. The minimum atomic E-state index is -3.28. The van der Waals surface area contributed by atoms with Crippen LogP contribution < -0.4 is 5.73 Å². The summed E-state index contributed by atoms with van der Waals surface area (Å²) in [5, 5.41) is 1.82. The maximum Gasteiger partial charge on any atom is 0.252 e. The predicted molar refractivity (Wildman–Crippen MR) is 69.4 cm³/mol. The minimum absolute atomic E-state index is 0.395. The fraction of sp³-hybridized carbons (Fsp3) is 0.636. The summed E-state index contributed by atoms with van der Waals surface area (Å²) in [5.74, 6) is 0. The van der Waals surface area contributed by atoms with Crippen LogP contribution in [0.15, 0.2) is 15.7 Å². The van der Waals surface area contributed by atoms with Crippen molar-refractivity contribution in [1.29, 1.82) is 0 Å². The van der Waals surface area contributed by atoms with Crippen LogP contribution in [0.2, 0.25) is 0 Å². The summed E-state index contributed by atoms with van der Waals surface area (Å²) in [4.78, 5) is 0. The normalized spacial score (nSPS) is 19.1. The summed E-state index contributed by atoms with van der Waals surface area (Å²) in [5.41, 5.74) is 6.40. The van der Waals surface area contributed by atoms with Crippen molar-refractivity contribution >= 4 is 21.4 Å².